The fourth-order valence-electron chi connectivity index (χ4n) is 3.04. The predicted molar refractivity (Wildman–Crippen MR) is 118 cm³/mol. The molecule has 0 aliphatic carbocycles. The Labute approximate surface area is 176 Å². The first-order valence-corrected chi connectivity index (χ1v) is 10.2. The molecule has 30 heavy (non-hydrogen) atoms. The van der Waals surface area contributed by atoms with Crippen LogP contribution >= 0.6 is 11.3 Å². The number of hydrogen-bond acceptors (Lipinski definition) is 6. The zero-order chi connectivity index (χ0) is 21.1. The van der Waals surface area contributed by atoms with E-state index in [1.807, 2.05) is 74.5 Å². The normalized spacial score (nSPS) is 10.9. The smallest absolute Gasteiger partial charge is 0.277 e. The van der Waals surface area contributed by atoms with Crippen LogP contribution in [-0.2, 0) is 0 Å². The molecule has 0 aliphatic rings. The molecule has 2 aromatic carbocycles. The molecule has 0 saturated carbocycles. The fourth-order valence-corrected chi connectivity index (χ4v) is 3.78. The maximum absolute atomic E-state index is 13.2. The number of anilines is 1. The monoisotopic (exact) mass is 417 g/mol. The van der Waals surface area contributed by atoms with Gasteiger partial charge >= 0.3 is 0 Å². The molecule has 0 spiro atoms. The molecular weight excluding hydrogens is 398 g/mol. The Morgan fingerprint density at radius 1 is 0.967 bits per heavy atom. The Morgan fingerprint density at radius 2 is 1.60 bits per heavy atom. The number of nitrogens with one attached hydrogen (secondary N) is 2. The van der Waals surface area contributed by atoms with Crippen LogP contribution in [0.25, 0.3) is 22.4 Å². The average molecular weight is 417 g/mol. The molecule has 7 nitrogen and oxygen atoms in total. The molecule has 4 rings (SSSR count). The minimum atomic E-state index is -0.570. The van der Waals surface area contributed by atoms with E-state index in [2.05, 4.69) is 25.7 Å². The molecule has 0 aliphatic heterocycles. The number of aromatic nitrogens is 4. The molecule has 0 radical (unpaired) electrons. The molecule has 1 amide bonds. The topological polar surface area (TPSA) is 101 Å². The van der Waals surface area contributed by atoms with Crippen LogP contribution < -0.4 is 10.9 Å². The predicted octanol–water partition coefficient (Wildman–Crippen LogP) is 4.33. The van der Waals surface area contributed by atoms with E-state index in [9.17, 15) is 9.59 Å². The Balaban J connectivity index is 1.86. The summed E-state index contributed by atoms with van der Waals surface area (Å²) in [7, 11) is 0. The highest BCUT2D eigenvalue weighted by Gasteiger charge is 2.24. The highest BCUT2D eigenvalue weighted by Crippen LogP contribution is 2.32. The minimum Gasteiger partial charge on any atom is -0.296 e. The van der Waals surface area contributed by atoms with Crippen molar-refractivity contribution in [2.24, 2.45) is 0 Å². The molecule has 0 bridgehead atoms. The van der Waals surface area contributed by atoms with Crippen LogP contribution in [0.1, 0.15) is 35.1 Å². The third-order valence-electron chi connectivity index (χ3n) is 4.47. The molecule has 0 unspecified atom stereocenters. The number of aromatic amines is 1. The van der Waals surface area contributed by atoms with Crippen molar-refractivity contribution < 1.29 is 4.79 Å². The third-order valence-corrected chi connectivity index (χ3v) is 5.61. The summed E-state index contributed by atoms with van der Waals surface area (Å²) in [4.78, 5) is 25.9. The number of hydrogen-bond donors (Lipinski definition) is 2. The van der Waals surface area contributed by atoms with Crippen molar-refractivity contribution in [2.45, 2.75) is 19.8 Å². The van der Waals surface area contributed by atoms with E-state index < -0.39 is 11.5 Å². The van der Waals surface area contributed by atoms with E-state index in [0.717, 1.165) is 16.1 Å². The van der Waals surface area contributed by atoms with Gasteiger partial charge in [0.25, 0.3) is 11.5 Å². The van der Waals surface area contributed by atoms with Gasteiger partial charge in [-0.2, -0.15) is 5.10 Å². The molecule has 2 aromatic heterocycles. The van der Waals surface area contributed by atoms with E-state index in [0.29, 0.717) is 16.4 Å². The van der Waals surface area contributed by atoms with Crippen molar-refractivity contribution in [3.63, 3.8) is 0 Å². The molecule has 150 valence electrons. The lowest BCUT2D eigenvalue weighted by Gasteiger charge is -2.13. The van der Waals surface area contributed by atoms with Gasteiger partial charge in [-0.25, -0.2) is 5.10 Å². The van der Waals surface area contributed by atoms with Gasteiger partial charge < -0.3 is 0 Å². The number of benzene rings is 2. The summed E-state index contributed by atoms with van der Waals surface area (Å²) in [6.07, 6.45) is 0. The molecule has 0 atom stereocenters. The number of rotatable bonds is 5. The quantitative estimate of drug-likeness (QED) is 0.503. The van der Waals surface area contributed by atoms with E-state index in [4.69, 9.17) is 0 Å². The minimum absolute atomic E-state index is 0.0173. The Morgan fingerprint density at radius 3 is 2.20 bits per heavy atom. The molecule has 0 fully saturated rings. The van der Waals surface area contributed by atoms with Crippen molar-refractivity contribution in [3.8, 4) is 22.4 Å². The van der Waals surface area contributed by atoms with E-state index >= 15 is 0 Å². The first-order chi connectivity index (χ1) is 14.5. The van der Waals surface area contributed by atoms with Crippen LogP contribution in [0.4, 0.5) is 5.13 Å². The van der Waals surface area contributed by atoms with Crippen LogP contribution in [-0.4, -0.2) is 26.3 Å². The van der Waals surface area contributed by atoms with Crippen molar-refractivity contribution >= 4 is 22.4 Å². The third kappa shape index (κ3) is 3.90. The van der Waals surface area contributed by atoms with Gasteiger partial charge in [-0.15, -0.1) is 10.2 Å². The summed E-state index contributed by atoms with van der Waals surface area (Å²) in [5, 5.41) is 18.7. The number of carbonyl (C=O) groups is 1. The molecule has 8 heteroatoms. The SMILES string of the molecule is CC(C)c1nnc(NC(=O)c2c(-c3ccccc3)c(-c3ccccc3)n[nH]c2=O)s1. The fraction of sp³-hybridized carbons (Fsp3) is 0.136. The van der Waals surface area contributed by atoms with Gasteiger partial charge in [0.1, 0.15) is 10.6 Å². The lowest BCUT2D eigenvalue weighted by molar-refractivity contribution is 0.102. The highest BCUT2D eigenvalue weighted by atomic mass is 32.1. The van der Waals surface area contributed by atoms with Gasteiger partial charge in [0, 0.05) is 17.0 Å². The molecule has 0 saturated heterocycles. The zero-order valence-corrected chi connectivity index (χ0v) is 17.2. The summed E-state index contributed by atoms with van der Waals surface area (Å²) in [5.41, 5.74) is 1.92. The summed E-state index contributed by atoms with van der Waals surface area (Å²) >= 11 is 1.29. The van der Waals surface area contributed by atoms with Crippen molar-refractivity contribution in [1.29, 1.82) is 0 Å². The highest BCUT2D eigenvalue weighted by molar-refractivity contribution is 7.15. The lowest BCUT2D eigenvalue weighted by Crippen LogP contribution is -2.26. The summed E-state index contributed by atoms with van der Waals surface area (Å²) < 4.78 is 0. The van der Waals surface area contributed by atoms with E-state index in [1.54, 1.807) is 0 Å². The molecule has 4 aromatic rings. The maximum atomic E-state index is 13.2. The maximum Gasteiger partial charge on any atom is 0.277 e. The number of amides is 1. The second kappa shape index (κ2) is 8.38. The van der Waals surface area contributed by atoms with Gasteiger partial charge in [0.15, 0.2) is 0 Å². The van der Waals surface area contributed by atoms with Crippen LogP contribution in [0.3, 0.4) is 0 Å². The van der Waals surface area contributed by atoms with Crippen molar-refractivity contribution in [2.75, 3.05) is 5.32 Å². The van der Waals surface area contributed by atoms with Crippen LogP contribution in [0.5, 0.6) is 0 Å². The van der Waals surface area contributed by atoms with Crippen LogP contribution in [0.2, 0.25) is 0 Å². The number of nitrogens with zero attached hydrogens (tertiary/aromatic N) is 3. The van der Waals surface area contributed by atoms with Crippen LogP contribution in [0.15, 0.2) is 65.5 Å². The summed E-state index contributed by atoms with van der Waals surface area (Å²) in [6, 6.07) is 18.7. The van der Waals surface area contributed by atoms with Crippen LogP contribution in [0, 0.1) is 0 Å². The first-order valence-electron chi connectivity index (χ1n) is 9.43. The Hall–Kier alpha value is -3.65. The van der Waals surface area contributed by atoms with Crippen molar-refractivity contribution in [3.05, 3.63) is 81.6 Å². The first kappa shape index (κ1) is 19.7. The lowest BCUT2D eigenvalue weighted by atomic mass is 9.95. The van der Waals surface area contributed by atoms with E-state index in [1.165, 1.54) is 11.3 Å². The average Bonchev–Trinajstić information content (AvgIpc) is 3.23. The second-order valence-electron chi connectivity index (χ2n) is 6.94. The molecule has 2 N–H and O–H groups in total. The number of carbonyl (C=O) groups excluding carboxylic acids is 1. The van der Waals surface area contributed by atoms with Crippen molar-refractivity contribution in [1.82, 2.24) is 20.4 Å². The zero-order valence-electron chi connectivity index (χ0n) is 16.4. The van der Waals surface area contributed by atoms with Gasteiger partial charge in [0.05, 0.1) is 5.69 Å². The van der Waals surface area contributed by atoms with Gasteiger partial charge in [-0.1, -0.05) is 85.8 Å². The van der Waals surface area contributed by atoms with E-state index in [-0.39, 0.29) is 11.5 Å². The standard InChI is InChI=1S/C22H19N5O2S/c1-13(2)21-26-27-22(30-21)23-19(28)17-16(14-9-5-3-6-10-14)18(24-25-20(17)29)15-11-7-4-8-12-15/h3-13H,1-2H3,(H,25,29)(H,23,27,28). The molecular formula is C22H19N5O2S. The second-order valence-corrected chi connectivity index (χ2v) is 7.95. The Kier molecular flexibility index (Phi) is 5.49. The molecule has 2 heterocycles. The summed E-state index contributed by atoms with van der Waals surface area (Å²) in [6.45, 7) is 4.00. The number of H-pyrrole nitrogens is 1. The van der Waals surface area contributed by atoms with Gasteiger partial charge in [-0.05, 0) is 5.56 Å². The largest absolute Gasteiger partial charge is 0.296 e. The Bertz CT molecular complexity index is 1230. The van der Waals surface area contributed by atoms with Gasteiger partial charge in [0.2, 0.25) is 5.13 Å². The van der Waals surface area contributed by atoms with Gasteiger partial charge in [-0.3, -0.25) is 14.9 Å². The summed E-state index contributed by atoms with van der Waals surface area (Å²) in [5.74, 6) is -0.358.